The van der Waals surface area contributed by atoms with Crippen LogP contribution in [0.4, 0.5) is 11.9 Å². The Labute approximate surface area is 109 Å². The molecule has 0 radical (unpaired) electrons. The first-order valence-corrected chi connectivity index (χ1v) is 6.01. The number of nitrogens with one attached hydrogen (secondary N) is 2. The minimum atomic E-state index is -0.905. The number of carboxylic acids is 1. The molecule has 0 saturated carbocycles. The van der Waals surface area contributed by atoms with Crippen molar-refractivity contribution >= 4 is 41.0 Å². The van der Waals surface area contributed by atoms with E-state index in [1.807, 2.05) is 0 Å². The molecule has 0 aliphatic rings. The van der Waals surface area contributed by atoms with Gasteiger partial charge in [-0.2, -0.15) is 9.97 Å². The van der Waals surface area contributed by atoms with Gasteiger partial charge in [0.25, 0.3) is 5.56 Å². The molecule has 11 heteroatoms. The predicted molar refractivity (Wildman–Crippen MR) is 68.1 cm³/mol. The molecule has 2 heterocycles. The quantitative estimate of drug-likeness (QED) is 0.351. The van der Waals surface area contributed by atoms with Crippen LogP contribution in [0.5, 0.6) is 0 Å². The molecule has 0 bridgehead atoms. The maximum Gasteiger partial charge on any atom is 0.304 e. The molecule has 2 rings (SSSR count). The highest BCUT2D eigenvalue weighted by molar-refractivity contribution is 7.97. The molecule has 0 fully saturated rings. The van der Waals surface area contributed by atoms with Crippen LogP contribution in [0.1, 0.15) is 6.42 Å². The molecule has 0 atom stereocenters. The number of carbonyl (C=O) groups is 1. The van der Waals surface area contributed by atoms with E-state index in [0.717, 1.165) is 11.9 Å². The molecule has 2 aromatic heterocycles. The molecule has 0 aliphatic carbocycles. The van der Waals surface area contributed by atoms with E-state index in [0.29, 0.717) is 5.75 Å². The predicted octanol–water partition coefficient (Wildman–Crippen LogP) is 0.435. The fourth-order valence-corrected chi connectivity index (χ4v) is 1.68. The SMILES string of the molecule is Nc1nc2nc(N=NSCCC(=O)O)[nH]c2c(=O)[nH]1. The lowest BCUT2D eigenvalue weighted by molar-refractivity contribution is -0.136. The Kier molecular flexibility index (Phi) is 3.75. The maximum atomic E-state index is 11.5. The first-order valence-electron chi connectivity index (χ1n) is 5.06. The van der Waals surface area contributed by atoms with Crippen molar-refractivity contribution < 1.29 is 9.90 Å². The summed E-state index contributed by atoms with van der Waals surface area (Å²) in [5.74, 6) is -0.549. The number of aliphatic carboxylic acids is 1. The average molecular weight is 283 g/mol. The Morgan fingerprint density at radius 1 is 1.42 bits per heavy atom. The van der Waals surface area contributed by atoms with Crippen molar-refractivity contribution in [1.82, 2.24) is 19.9 Å². The van der Waals surface area contributed by atoms with Gasteiger partial charge in [0.2, 0.25) is 11.9 Å². The van der Waals surface area contributed by atoms with Crippen LogP contribution >= 0.6 is 11.9 Å². The summed E-state index contributed by atoms with van der Waals surface area (Å²) in [6.07, 6.45) is -0.0123. The molecule has 0 aliphatic heterocycles. The first-order chi connectivity index (χ1) is 9.06. The van der Waals surface area contributed by atoms with Crippen LogP contribution in [-0.4, -0.2) is 36.8 Å². The number of nitrogens with zero attached hydrogens (tertiary/aromatic N) is 4. The van der Waals surface area contributed by atoms with Gasteiger partial charge in [-0.15, -0.1) is 9.63 Å². The van der Waals surface area contributed by atoms with Crippen LogP contribution in [0.2, 0.25) is 0 Å². The summed E-state index contributed by atoms with van der Waals surface area (Å²) in [4.78, 5) is 34.4. The number of hydrogen-bond acceptors (Lipinski definition) is 8. The van der Waals surface area contributed by atoms with Gasteiger partial charge in [-0.1, -0.05) is 0 Å². The van der Waals surface area contributed by atoms with Gasteiger partial charge in [0.1, 0.15) is 0 Å². The van der Waals surface area contributed by atoms with Crippen molar-refractivity contribution in [2.75, 3.05) is 11.5 Å². The number of rotatable bonds is 5. The molecule has 0 spiro atoms. The van der Waals surface area contributed by atoms with E-state index in [2.05, 4.69) is 29.6 Å². The number of carboxylic acid groups (broad SMARTS) is 1. The Balaban J connectivity index is 2.09. The molecule has 100 valence electrons. The van der Waals surface area contributed by atoms with E-state index < -0.39 is 11.5 Å². The Morgan fingerprint density at radius 2 is 2.21 bits per heavy atom. The number of aromatic nitrogens is 4. The summed E-state index contributed by atoms with van der Waals surface area (Å²) >= 11 is 0.980. The number of fused-ring (bicyclic) bond motifs is 1. The number of nitrogens with two attached hydrogens (primary N) is 1. The summed E-state index contributed by atoms with van der Waals surface area (Å²) in [6, 6.07) is 0. The lowest BCUT2D eigenvalue weighted by atomic mass is 10.5. The standard InChI is InChI=1S/C8H9N7O3S/c9-7-11-5-4(6(18)13-7)10-8(12-5)14-15-19-2-1-3(16)17/h1-2H2,(H,16,17)(H4,9,10,11,12,13,18). The number of imidazole rings is 1. The van der Waals surface area contributed by atoms with E-state index in [-0.39, 0.29) is 29.5 Å². The molecule has 10 nitrogen and oxygen atoms in total. The molecule has 0 unspecified atom stereocenters. The van der Waals surface area contributed by atoms with E-state index >= 15 is 0 Å². The highest BCUT2D eigenvalue weighted by Crippen LogP contribution is 2.14. The van der Waals surface area contributed by atoms with Gasteiger partial charge in [-0.05, 0) is 11.9 Å². The minimum Gasteiger partial charge on any atom is -0.481 e. The Morgan fingerprint density at radius 3 is 2.95 bits per heavy atom. The largest absolute Gasteiger partial charge is 0.481 e. The molecule has 0 saturated heterocycles. The lowest BCUT2D eigenvalue weighted by Gasteiger charge is -1.88. The molecule has 0 amide bonds. The minimum absolute atomic E-state index is 0.0123. The smallest absolute Gasteiger partial charge is 0.304 e. The van der Waals surface area contributed by atoms with Crippen molar-refractivity contribution in [2.24, 2.45) is 9.63 Å². The van der Waals surface area contributed by atoms with Gasteiger partial charge in [-0.25, -0.2) is 0 Å². The number of hydrogen-bond donors (Lipinski definition) is 4. The van der Waals surface area contributed by atoms with E-state index in [9.17, 15) is 9.59 Å². The van der Waals surface area contributed by atoms with Crippen molar-refractivity contribution in [3.63, 3.8) is 0 Å². The highest BCUT2D eigenvalue weighted by Gasteiger charge is 2.07. The first kappa shape index (κ1) is 13.0. The maximum absolute atomic E-state index is 11.5. The van der Waals surface area contributed by atoms with Crippen molar-refractivity contribution in [3.05, 3.63) is 10.4 Å². The molecule has 5 N–H and O–H groups in total. The van der Waals surface area contributed by atoms with E-state index in [1.165, 1.54) is 0 Å². The zero-order chi connectivity index (χ0) is 13.8. The van der Waals surface area contributed by atoms with Crippen LogP contribution in [0.15, 0.2) is 14.4 Å². The van der Waals surface area contributed by atoms with Crippen LogP contribution in [0, 0.1) is 0 Å². The zero-order valence-electron chi connectivity index (χ0n) is 9.45. The number of nitrogen functional groups attached to an aromatic ring is 1. The Bertz CT molecular complexity index is 691. The molecule has 2 aromatic rings. The van der Waals surface area contributed by atoms with Crippen LogP contribution in [-0.2, 0) is 4.79 Å². The molecule has 19 heavy (non-hydrogen) atoms. The van der Waals surface area contributed by atoms with Gasteiger partial charge in [0.15, 0.2) is 11.2 Å². The van der Waals surface area contributed by atoms with Gasteiger partial charge in [0.05, 0.1) is 6.42 Å². The van der Waals surface area contributed by atoms with E-state index in [4.69, 9.17) is 10.8 Å². The summed E-state index contributed by atoms with van der Waals surface area (Å²) in [5, 5.41) is 12.1. The fourth-order valence-electron chi connectivity index (χ4n) is 1.20. The second kappa shape index (κ2) is 5.48. The average Bonchev–Trinajstić information content (AvgIpc) is 2.71. The van der Waals surface area contributed by atoms with Gasteiger partial charge >= 0.3 is 5.97 Å². The number of anilines is 1. The van der Waals surface area contributed by atoms with Gasteiger partial charge in [-0.3, -0.25) is 14.6 Å². The highest BCUT2D eigenvalue weighted by atomic mass is 32.2. The van der Waals surface area contributed by atoms with Gasteiger partial charge < -0.3 is 15.8 Å². The van der Waals surface area contributed by atoms with Crippen molar-refractivity contribution in [3.8, 4) is 0 Å². The Hall–Kier alpha value is -2.43. The summed E-state index contributed by atoms with van der Waals surface area (Å²) in [7, 11) is 0. The topological polar surface area (TPSA) is 162 Å². The summed E-state index contributed by atoms with van der Waals surface area (Å²) in [6.45, 7) is 0. The summed E-state index contributed by atoms with van der Waals surface area (Å²) < 4.78 is 3.67. The lowest BCUT2D eigenvalue weighted by Crippen LogP contribution is -2.10. The third-order valence-corrected chi connectivity index (χ3v) is 2.55. The number of H-pyrrole nitrogens is 2. The second-order valence-corrected chi connectivity index (χ2v) is 4.20. The third kappa shape index (κ3) is 3.28. The molecule has 0 aromatic carbocycles. The molecular formula is C8H9N7O3S. The van der Waals surface area contributed by atoms with Crippen LogP contribution in [0.25, 0.3) is 11.2 Å². The third-order valence-electron chi connectivity index (χ3n) is 1.97. The summed E-state index contributed by atoms with van der Waals surface area (Å²) in [5.41, 5.74) is 5.21. The van der Waals surface area contributed by atoms with Crippen molar-refractivity contribution in [1.29, 1.82) is 0 Å². The number of aromatic amines is 2. The molecular weight excluding hydrogens is 274 g/mol. The van der Waals surface area contributed by atoms with Crippen LogP contribution < -0.4 is 11.3 Å². The van der Waals surface area contributed by atoms with Gasteiger partial charge in [0, 0.05) is 5.75 Å². The van der Waals surface area contributed by atoms with Crippen molar-refractivity contribution in [2.45, 2.75) is 6.42 Å². The second-order valence-electron chi connectivity index (χ2n) is 3.37. The normalized spacial score (nSPS) is 11.4. The monoisotopic (exact) mass is 283 g/mol. The zero-order valence-corrected chi connectivity index (χ0v) is 10.3. The van der Waals surface area contributed by atoms with Crippen LogP contribution in [0.3, 0.4) is 0 Å². The fraction of sp³-hybridized carbons (Fsp3) is 0.250. The van der Waals surface area contributed by atoms with E-state index in [1.54, 1.807) is 0 Å².